The molecule has 0 unspecified atom stereocenters. The molecule has 4 aliphatic heterocycles. The first kappa shape index (κ1) is 58.5. The lowest BCUT2D eigenvalue weighted by atomic mass is 9.77. The van der Waals surface area contributed by atoms with E-state index in [2.05, 4.69) is 34.3 Å². The molecule has 1 aromatic heterocycles. The molecule has 20 nitrogen and oxygen atoms in total. The van der Waals surface area contributed by atoms with Crippen molar-refractivity contribution < 1.29 is 63.0 Å². The first-order valence-corrected chi connectivity index (χ1v) is 26.5. The third-order valence-electron chi connectivity index (χ3n) is 15.7. The lowest BCUT2D eigenvalue weighted by Crippen LogP contribution is -2.47. The maximum Gasteiger partial charge on any atom is 0.307 e. The molecule has 2 amide bonds. The maximum atomic E-state index is 15.0. The molecule has 4 aliphatic rings. The van der Waals surface area contributed by atoms with Gasteiger partial charge in [-0.1, -0.05) is 80.5 Å². The molecule has 5 heterocycles. The van der Waals surface area contributed by atoms with Gasteiger partial charge in [0, 0.05) is 91.7 Å². The van der Waals surface area contributed by atoms with Crippen LogP contribution in [0, 0.1) is 47.8 Å². The van der Waals surface area contributed by atoms with E-state index in [1.165, 1.54) is 53.0 Å². The number of hydrogen-bond donors (Lipinski definition) is 6. The van der Waals surface area contributed by atoms with Crippen LogP contribution in [0.1, 0.15) is 88.1 Å². The number of carbonyl (C=O) groups is 5. The molecule has 1 saturated heterocycles. The van der Waals surface area contributed by atoms with Crippen LogP contribution in [0.4, 0.5) is 11.4 Å². The predicted octanol–water partition coefficient (Wildman–Crippen LogP) is 5.24. The number of nitrogens with zero attached hydrogens (tertiary/aromatic N) is 3. The molecule has 9 atom stereocenters. The molecular weight excluding hydrogens is 1010 g/mol. The summed E-state index contributed by atoms with van der Waals surface area (Å²) in [6.07, 6.45) is 4.01. The predicted molar refractivity (Wildman–Crippen MR) is 294 cm³/mol. The molecule has 20 heteroatoms. The minimum atomic E-state index is -2.03. The SMILES string of the molecule is C/C1=C/C=C/[C@H](C)[C@H](O)[C@@H](C)[C@@H](O)[C@@H](C)[C@H](OC(=O)CC(C)(C)C(=O)NC(C=O)C=O)[C@H](C)[C@@H](C)/C=C/O[C@@]2(C)Oc3c(C)c(O)c4c(=O)c(c5oc6cc(N7CCN(CC(C)C)CC7)cc(=O)c6nc5c4c3=C2O)NC1=O. The topological polar surface area (TPSA) is 285 Å². The van der Waals surface area contributed by atoms with Crippen LogP contribution in [0.15, 0.2) is 62.3 Å². The van der Waals surface area contributed by atoms with E-state index in [1.54, 1.807) is 58.9 Å². The van der Waals surface area contributed by atoms with Crippen LogP contribution in [0.5, 0.6) is 11.5 Å². The zero-order valence-electron chi connectivity index (χ0n) is 46.3. The van der Waals surface area contributed by atoms with Gasteiger partial charge in [-0.15, -0.1) is 0 Å². The van der Waals surface area contributed by atoms with Crippen LogP contribution in [0.25, 0.3) is 38.7 Å². The number of phenolic OH excluding ortho intramolecular Hbond substituents is 1. The number of phenols is 1. The lowest BCUT2D eigenvalue weighted by Gasteiger charge is -2.38. The zero-order chi connectivity index (χ0) is 57.5. The van der Waals surface area contributed by atoms with Crippen LogP contribution in [-0.2, 0) is 33.4 Å². The Morgan fingerprint density at radius 2 is 1.59 bits per heavy atom. The van der Waals surface area contributed by atoms with Gasteiger partial charge in [0.25, 0.3) is 5.91 Å². The highest BCUT2D eigenvalue weighted by molar-refractivity contribution is 6.17. The summed E-state index contributed by atoms with van der Waals surface area (Å²) in [5, 5.41) is 52.2. The zero-order valence-corrected chi connectivity index (χ0v) is 46.3. The van der Waals surface area contributed by atoms with E-state index in [0.717, 1.165) is 19.6 Å². The van der Waals surface area contributed by atoms with Crippen molar-refractivity contribution in [2.75, 3.05) is 42.9 Å². The number of hydrogen-bond acceptors (Lipinski definition) is 18. The number of carbonyl (C=O) groups excluding carboxylic acids is 5. The van der Waals surface area contributed by atoms with Crippen molar-refractivity contribution in [2.45, 2.75) is 120 Å². The van der Waals surface area contributed by atoms with Gasteiger partial charge in [0.05, 0.1) is 40.9 Å². The minimum absolute atomic E-state index is 0.0145. The molecule has 0 radical (unpaired) electrons. The van der Waals surface area contributed by atoms with Gasteiger partial charge < -0.3 is 64.2 Å². The van der Waals surface area contributed by atoms with Gasteiger partial charge in [0.2, 0.25) is 16.8 Å². The fourth-order valence-corrected chi connectivity index (χ4v) is 10.5. The Kier molecular flexibility index (Phi) is 17.3. The summed E-state index contributed by atoms with van der Waals surface area (Å²) in [4.78, 5) is 102. The number of piperazine rings is 1. The fraction of sp³-hybridized carbons (Fsp3) is 0.517. The van der Waals surface area contributed by atoms with Crippen molar-refractivity contribution in [3.05, 3.63) is 79.5 Å². The van der Waals surface area contributed by atoms with Crippen LogP contribution in [-0.4, -0.2) is 124 Å². The summed E-state index contributed by atoms with van der Waals surface area (Å²) in [7, 11) is 0. The summed E-state index contributed by atoms with van der Waals surface area (Å²) in [5.41, 5.74) is -3.08. The van der Waals surface area contributed by atoms with Gasteiger partial charge in [0.1, 0.15) is 47.4 Å². The van der Waals surface area contributed by atoms with Crippen molar-refractivity contribution in [1.29, 1.82) is 0 Å². The Morgan fingerprint density at radius 1 is 0.923 bits per heavy atom. The van der Waals surface area contributed by atoms with E-state index in [1.807, 2.05) is 0 Å². The van der Waals surface area contributed by atoms with Crippen molar-refractivity contribution in [3.63, 3.8) is 0 Å². The van der Waals surface area contributed by atoms with E-state index < -0.39 is 117 Å². The average molecular weight is 1080 g/mol. The van der Waals surface area contributed by atoms with Crippen LogP contribution >= 0.6 is 0 Å². The molecule has 420 valence electrons. The molecule has 3 aromatic carbocycles. The molecule has 0 spiro atoms. The Bertz CT molecular complexity index is 3290. The Balaban J connectivity index is 1.37. The monoisotopic (exact) mass is 1080 g/mol. The number of aliphatic hydroxyl groups is 3. The average Bonchev–Trinajstić information content (AvgIpc) is 3.87. The van der Waals surface area contributed by atoms with E-state index in [0.29, 0.717) is 24.7 Å². The number of aliphatic hydroxyl groups excluding tert-OH is 3. The third kappa shape index (κ3) is 11.5. The van der Waals surface area contributed by atoms with E-state index in [-0.39, 0.29) is 67.6 Å². The van der Waals surface area contributed by atoms with Crippen molar-refractivity contribution in [3.8, 4) is 11.5 Å². The minimum Gasteiger partial charge on any atom is -0.507 e. The van der Waals surface area contributed by atoms with Gasteiger partial charge in [-0.25, -0.2) is 4.98 Å². The first-order valence-electron chi connectivity index (χ1n) is 26.5. The molecule has 0 saturated carbocycles. The molecule has 5 bridgehead atoms. The number of aromatic nitrogens is 1. The Morgan fingerprint density at radius 3 is 2.23 bits per heavy atom. The second-order valence-electron chi connectivity index (χ2n) is 22.6. The fourth-order valence-electron chi connectivity index (χ4n) is 10.5. The summed E-state index contributed by atoms with van der Waals surface area (Å²) in [6, 6.07) is 1.71. The van der Waals surface area contributed by atoms with E-state index in [9.17, 15) is 54.0 Å². The van der Waals surface area contributed by atoms with Gasteiger partial charge in [-0.05, 0) is 37.7 Å². The summed E-state index contributed by atoms with van der Waals surface area (Å²) in [6.45, 7) is 23.9. The number of ether oxygens (including phenoxy) is 3. The number of aromatic hydroxyl groups is 1. The Labute approximate surface area is 451 Å². The highest BCUT2D eigenvalue weighted by Crippen LogP contribution is 2.43. The molecule has 6 N–H and O–H groups in total. The van der Waals surface area contributed by atoms with E-state index in [4.69, 9.17) is 23.6 Å². The normalized spacial score (nSPS) is 27.3. The molecule has 1 fully saturated rings. The number of anilines is 2. The Hall–Kier alpha value is -7.16. The van der Waals surface area contributed by atoms with Gasteiger partial charge >= 0.3 is 11.8 Å². The number of benzene rings is 3. The number of fused-ring (bicyclic) bond motifs is 14. The van der Waals surface area contributed by atoms with Crippen molar-refractivity contribution >= 4 is 80.5 Å². The highest BCUT2D eigenvalue weighted by atomic mass is 16.7. The molecule has 0 aliphatic carbocycles. The van der Waals surface area contributed by atoms with E-state index >= 15 is 0 Å². The molecule has 78 heavy (non-hydrogen) atoms. The summed E-state index contributed by atoms with van der Waals surface area (Å²) in [5.74, 6) is -8.51. The highest BCUT2D eigenvalue weighted by Gasteiger charge is 2.45. The van der Waals surface area contributed by atoms with Crippen LogP contribution in [0.3, 0.4) is 0 Å². The smallest absolute Gasteiger partial charge is 0.307 e. The summed E-state index contributed by atoms with van der Waals surface area (Å²) < 4.78 is 25.2. The van der Waals surface area contributed by atoms with Crippen LogP contribution in [0.2, 0.25) is 0 Å². The molecule has 8 rings (SSSR count). The number of amides is 2. The second-order valence-corrected chi connectivity index (χ2v) is 22.6. The van der Waals surface area contributed by atoms with Crippen molar-refractivity contribution in [2.24, 2.45) is 40.9 Å². The third-order valence-corrected chi connectivity index (χ3v) is 15.7. The number of nitrogens with one attached hydrogen (secondary N) is 2. The van der Waals surface area contributed by atoms with Gasteiger partial charge in [0.15, 0.2) is 22.4 Å². The van der Waals surface area contributed by atoms with Gasteiger partial charge in [-0.2, -0.15) is 0 Å². The largest absolute Gasteiger partial charge is 0.507 e. The van der Waals surface area contributed by atoms with Crippen LogP contribution < -0.4 is 36.3 Å². The number of aldehydes is 2. The number of rotatable bonds is 10. The standard InChI is InChI=1S/C58H73N5O15/c1-28(2)25-62-17-19-63(20-18-62)37-22-38(66)44-39(23-37)76-53-45(60-44)41-42-49(70)35(9)52-43(41)54(72)58(12,78-52)75-21-16-29(3)32(6)51(77-40(67)24-57(10,11)56(74)59-36(26-64)27-65)34(8)48(69)33(7)47(68)30(4)14-13-15-31(5)55(73)61-46(53)50(42)71/h13-16,21-23,26-30,32-34,36,47-48,51,68-70,72H,17-20,24-25H2,1-12H3,(H,59,74)(H,61,73)/b14-13+,21-16+,31-15-/t29-,30-,32+,33+,34+,47-,48+,51+,58-/m0/s1. The number of allylic oxidation sites excluding steroid dienone is 3. The molecular formula is C58H73N5O15. The molecule has 4 aromatic rings. The lowest BCUT2D eigenvalue weighted by molar-refractivity contribution is -0.165. The van der Waals surface area contributed by atoms with Crippen molar-refractivity contribution in [1.82, 2.24) is 15.2 Å². The second kappa shape index (κ2) is 23.0. The van der Waals surface area contributed by atoms with Gasteiger partial charge in [-0.3, -0.25) is 28.9 Å². The first-order chi connectivity index (χ1) is 36.6. The number of esters is 1. The maximum absolute atomic E-state index is 15.0. The quantitative estimate of drug-likeness (QED) is 0.0389. The summed E-state index contributed by atoms with van der Waals surface area (Å²) >= 11 is 0.